The second-order valence-corrected chi connectivity index (χ2v) is 15.5. The topological polar surface area (TPSA) is 6.48 Å². The lowest BCUT2D eigenvalue weighted by Crippen LogP contribution is -2.27. The summed E-state index contributed by atoms with van der Waals surface area (Å²) in [5, 5.41) is 0. The smallest absolute Gasteiger partial charge is 0.0726 e. The largest absolute Gasteiger partial charge is 0.333 e. The Balaban J connectivity index is 1.06. The van der Waals surface area contributed by atoms with E-state index in [1.54, 1.807) is 0 Å². The van der Waals surface area contributed by atoms with Crippen molar-refractivity contribution in [3.63, 3.8) is 0 Å². The lowest BCUT2D eigenvalue weighted by Gasteiger charge is -2.32. The van der Waals surface area contributed by atoms with Crippen LogP contribution in [0.3, 0.4) is 0 Å². The van der Waals surface area contributed by atoms with Crippen molar-refractivity contribution in [2.24, 2.45) is 0 Å². The summed E-state index contributed by atoms with van der Waals surface area (Å²) in [6.07, 6.45) is 7.79. The minimum atomic E-state index is -0.412. The highest BCUT2D eigenvalue weighted by Crippen LogP contribution is 2.64. The Kier molecular flexibility index (Phi) is 7.00. The molecule has 3 aliphatic carbocycles. The fraction of sp³-hybridized carbons (Fsp3) is 0.0545. The highest BCUT2D eigenvalue weighted by atomic mass is 15.2. The second-order valence-electron chi connectivity index (χ2n) is 15.5. The van der Waals surface area contributed by atoms with Crippen LogP contribution in [0.1, 0.15) is 34.2 Å². The number of benzene rings is 8. The normalized spacial score (nSPS) is 16.0. The van der Waals surface area contributed by atoms with Crippen LogP contribution in [0.2, 0.25) is 0 Å². The van der Waals surface area contributed by atoms with Gasteiger partial charge in [0.2, 0.25) is 0 Å². The first kappa shape index (κ1) is 32.1. The summed E-state index contributed by atoms with van der Waals surface area (Å²) < 4.78 is 0. The standard InChI is InChI=1S/C55H38N2/c1-2-15-37(16-3-1)38-29-31-39(32-30-38)56(40-33-35-41(36-34-40)57-51-26-12-7-19-44(51)45-20-8-13-27-52(45)57)53-28-14-25-50-54(53)46-21-6-11-24-49(46)55(50)47-22-9-4-17-42(47)43-18-5-10-23-48(43)55/h1-26,28-36,52H,27H2. The molecular weight excluding hydrogens is 689 g/mol. The summed E-state index contributed by atoms with van der Waals surface area (Å²) in [7, 11) is 0. The number of nitrogens with zero attached hydrogens (tertiary/aromatic N) is 2. The number of para-hydroxylation sites is 1. The van der Waals surface area contributed by atoms with Crippen LogP contribution >= 0.6 is 0 Å². The van der Waals surface area contributed by atoms with Crippen LogP contribution in [0.15, 0.2) is 212 Å². The molecule has 1 atom stereocenters. The molecule has 0 radical (unpaired) electrons. The zero-order valence-corrected chi connectivity index (χ0v) is 31.4. The molecule has 0 aromatic heterocycles. The van der Waals surface area contributed by atoms with Crippen LogP contribution in [-0.2, 0) is 5.41 Å². The first-order valence-electron chi connectivity index (χ1n) is 20.0. The van der Waals surface area contributed by atoms with E-state index in [0.717, 1.165) is 17.8 Å². The van der Waals surface area contributed by atoms with E-state index in [1.807, 2.05) is 0 Å². The van der Waals surface area contributed by atoms with E-state index in [-0.39, 0.29) is 0 Å². The lowest BCUT2D eigenvalue weighted by atomic mass is 9.70. The van der Waals surface area contributed by atoms with Gasteiger partial charge in [-0.3, -0.25) is 0 Å². The third-order valence-electron chi connectivity index (χ3n) is 12.8. The average Bonchev–Trinajstić information content (AvgIpc) is 3.90. The Labute approximate surface area is 334 Å². The fourth-order valence-electron chi connectivity index (χ4n) is 10.5. The van der Waals surface area contributed by atoms with Gasteiger partial charge in [0.05, 0.1) is 17.1 Å². The van der Waals surface area contributed by atoms with Gasteiger partial charge < -0.3 is 9.80 Å². The van der Waals surface area contributed by atoms with E-state index in [2.05, 4.69) is 222 Å². The molecule has 8 aromatic carbocycles. The molecule has 1 heterocycles. The molecule has 0 fully saturated rings. The molecule has 8 aromatic rings. The zero-order chi connectivity index (χ0) is 37.5. The van der Waals surface area contributed by atoms with Crippen molar-refractivity contribution in [1.82, 2.24) is 0 Å². The number of hydrogen-bond acceptors (Lipinski definition) is 2. The number of rotatable bonds is 5. The summed E-state index contributed by atoms with van der Waals surface area (Å²) in [5.74, 6) is 0. The molecule has 0 bridgehead atoms. The highest BCUT2D eigenvalue weighted by molar-refractivity contribution is 6.01. The van der Waals surface area contributed by atoms with E-state index in [9.17, 15) is 0 Å². The maximum Gasteiger partial charge on any atom is 0.0726 e. The van der Waals surface area contributed by atoms with Gasteiger partial charge in [-0.15, -0.1) is 0 Å². The summed E-state index contributed by atoms with van der Waals surface area (Å²) in [4.78, 5) is 5.01. The Hall–Kier alpha value is -7.16. The molecular formula is C55H38N2. The Morgan fingerprint density at radius 1 is 0.456 bits per heavy atom. The van der Waals surface area contributed by atoms with Crippen molar-refractivity contribution in [3.8, 4) is 33.4 Å². The summed E-state index contributed by atoms with van der Waals surface area (Å²) in [5.41, 5.74) is 21.2. The van der Waals surface area contributed by atoms with E-state index >= 15 is 0 Å². The molecule has 57 heavy (non-hydrogen) atoms. The van der Waals surface area contributed by atoms with Crippen molar-refractivity contribution >= 4 is 34.0 Å². The number of hydrogen-bond donors (Lipinski definition) is 0. The molecule has 1 aliphatic heterocycles. The van der Waals surface area contributed by atoms with Gasteiger partial charge >= 0.3 is 0 Å². The van der Waals surface area contributed by atoms with Gasteiger partial charge in [0.15, 0.2) is 0 Å². The Morgan fingerprint density at radius 2 is 1.00 bits per heavy atom. The lowest BCUT2D eigenvalue weighted by molar-refractivity contribution is 0.794. The molecule has 0 amide bonds. The van der Waals surface area contributed by atoms with Crippen molar-refractivity contribution in [1.29, 1.82) is 0 Å². The van der Waals surface area contributed by atoms with E-state index in [1.165, 1.54) is 83.8 Å². The van der Waals surface area contributed by atoms with E-state index in [4.69, 9.17) is 0 Å². The first-order chi connectivity index (χ1) is 28.3. The number of allylic oxidation sites excluding steroid dienone is 2. The monoisotopic (exact) mass is 726 g/mol. The van der Waals surface area contributed by atoms with Gasteiger partial charge in [-0.2, -0.15) is 0 Å². The molecule has 0 saturated heterocycles. The SMILES string of the molecule is C1=CCC2C(=C1)c1ccccc1N2c1ccc(N(c2ccc(-c3ccccc3)cc2)c2cccc3c2-c2ccccc2C32c3ccccc3-c3ccccc32)cc1. The number of fused-ring (bicyclic) bond motifs is 13. The molecule has 0 N–H and O–H groups in total. The van der Waals surface area contributed by atoms with Crippen LogP contribution in [0.4, 0.5) is 28.4 Å². The quantitative estimate of drug-likeness (QED) is 0.174. The molecule has 1 spiro atoms. The molecule has 12 rings (SSSR count). The molecule has 4 aliphatic rings. The maximum absolute atomic E-state index is 2.53. The van der Waals surface area contributed by atoms with Crippen molar-refractivity contribution in [3.05, 3.63) is 240 Å². The van der Waals surface area contributed by atoms with Crippen molar-refractivity contribution in [2.75, 3.05) is 9.80 Å². The van der Waals surface area contributed by atoms with Crippen LogP contribution in [0.25, 0.3) is 39.0 Å². The molecule has 268 valence electrons. The predicted octanol–water partition coefficient (Wildman–Crippen LogP) is 14.0. The fourth-order valence-corrected chi connectivity index (χ4v) is 10.5. The van der Waals surface area contributed by atoms with Crippen LogP contribution in [0.5, 0.6) is 0 Å². The Bertz CT molecular complexity index is 2890. The van der Waals surface area contributed by atoms with Crippen molar-refractivity contribution in [2.45, 2.75) is 17.9 Å². The van der Waals surface area contributed by atoms with Gasteiger partial charge in [0.25, 0.3) is 0 Å². The zero-order valence-electron chi connectivity index (χ0n) is 31.4. The highest BCUT2D eigenvalue weighted by Gasteiger charge is 2.52. The minimum Gasteiger partial charge on any atom is -0.333 e. The maximum atomic E-state index is 2.53. The molecule has 0 saturated carbocycles. The van der Waals surface area contributed by atoms with E-state index in [0.29, 0.717) is 6.04 Å². The number of anilines is 5. The predicted molar refractivity (Wildman–Crippen MR) is 237 cm³/mol. The van der Waals surface area contributed by atoms with Gasteiger partial charge in [-0.05, 0) is 111 Å². The molecule has 1 unspecified atom stereocenters. The average molecular weight is 727 g/mol. The third-order valence-corrected chi connectivity index (χ3v) is 12.8. The Morgan fingerprint density at radius 3 is 1.70 bits per heavy atom. The minimum absolute atomic E-state index is 0.294. The molecule has 2 nitrogen and oxygen atoms in total. The van der Waals surface area contributed by atoms with E-state index < -0.39 is 5.41 Å². The summed E-state index contributed by atoms with van der Waals surface area (Å²) in [6, 6.07) is 72.4. The van der Waals surface area contributed by atoms with Gasteiger partial charge in [0.1, 0.15) is 0 Å². The summed E-state index contributed by atoms with van der Waals surface area (Å²) in [6.45, 7) is 0. The van der Waals surface area contributed by atoms with Crippen LogP contribution < -0.4 is 9.80 Å². The molecule has 2 heteroatoms. The van der Waals surface area contributed by atoms with Gasteiger partial charge in [-0.1, -0.05) is 164 Å². The van der Waals surface area contributed by atoms with Crippen LogP contribution in [0, 0.1) is 0 Å². The van der Waals surface area contributed by atoms with Gasteiger partial charge in [0, 0.05) is 33.9 Å². The van der Waals surface area contributed by atoms with Crippen molar-refractivity contribution < 1.29 is 0 Å². The first-order valence-corrected chi connectivity index (χ1v) is 20.0. The van der Waals surface area contributed by atoms with Crippen LogP contribution in [-0.4, -0.2) is 6.04 Å². The van der Waals surface area contributed by atoms with Gasteiger partial charge in [-0.25, -0.2) is 0 Å². The summed E-state index contributed by atoms with van der Waals surface area (Å²) >= 11 is 0. The third kappa shape index (κ3) is 4.53. The second kappa shape index (κ2) is 12.4.